The van der Waals surface area contributed by atoms with Gasteiger partial charge >= 0.3 is 0 Å². The van der Waals surface area contributed by atoms with Crippen LogP contribution < -0.4 is 5.32 Å². The Kier molecular flexibility index (Phi) is 7.32. The van der Waals surface area contributed by atoms with Gasteiger partial charge in [-0.25, -0.2) is 0 Å². The zero-order valence-electron chi connectivity index (χ0n) is 16.4. The molecule has 2 saturated heterocycles. The average molecular weight is 359 g/mol. The number of nitrogens with zero attached hydrogens (tertiary/aromatic N) is 3. The zero-order valence-corrected chi connectivity index (χ0v) is 16.4. The van der Waals surface area contributed by atoms with Gasteiger partial charge < -0.3 is 15.0 Å². The molecule has 144 valence electrons. The van der Waals surface area contributed by atoms with Crippen molar-refractivity contribution < 1.29 is 4.74 Å². The maximum Gasteiger partial charge on any atom is 0.193 e. The number of rotatable bonds is 6. The van der Waals surface area contributed by atoms with E-state index in [4.69, 9.17) is 4.74 Å². The number of likely N-dealkylation sites (tertiary alicyclic amines) is 1. The molecule has 2 aliphatic heterocycles. The van der Waals surface area contributed by atoms with E-state index in [0.29, 0.717) is 5.92 Å². The third-order valence-electron chi connectivity index (χ3n) is 5.46. The summed E-state index contributed by atoms with van der Waals surface area (Å²) in [6.45, 7) is 7.16. The Labute approximate surface area is 158 Å². The fourth-order valence-corrected chi connectivity index (χ4v) is 3.91. The SMILES string of the molecule is CN=C(NCc1ccc(CN2CCCCC2)cc1)N(C)CC1CCOC1. The van der Waals surface area contributed by atoms with E-state index in [1.54, 1.807) is 0 Å². The van der Waals surface area contributed by atoms with Crippen LogP contribution in [0, 0.1) is 5.92 Å². The summed E-state index contributed by atoms with van der Waals surface area (Å²) in [7, 11) is 3.96. The summed E-state index contributed by atoms with van der Waals surface area (Å²) in [5.74, 6) is 1.57. The minimum Gasteiger partial charge on any atom is -0.381 e. The lowest BCUT2D eigenvalue weighted by Gasteiger charge is -2.26. The Bertz CT molecular complexity index is 560. The highest BCUT2D eigenvalue weighted by Gasteiger charge is 2.19. The van der Waals surface area contributed by atoms with Gasteiger partial charge in [-0.1, -0.05) is 30.7 Å². The van der Waals surface area contributed by atoms with E-state index >= 15 is 0 Å². The largest absolute Gasteiger partial charge is 0.381 e. The molecule has 3 rings (SSSR count). The Morgan fingerprint density at radius 2 is 1.92 bits per heavy atom. The van der Waals surface area contributed by atoms with Crippen molar-refractivity contribution in [2.24, 2.45) is 10.9 Å². The number of guanidine groups is 1. The predicted octanol–water partition coefficient (Wildman–Crippen LogP) is 2.72. The van der Waals surface area contributed by atoms with Crippen LogP contribution >= 0.6 is 0 Å². The number of benzene rings is 1. The fraction of sp³-hybridized carbons (Fsp3) is 0.667. The number of nitrogens with one attached hydrogen (secondary N) is 1. The van der Waals surface area contributed by atoms with E-state index in [9.17, 15) is 0 Å². The van der Waals surface area contributed by atoms with Crippen LogP contribution in [-0.4, -0.2) is 62.7 Å². The normalized spacial score (nSPS) is 21.8. The van der Waals surface area contributed by atoms with Crippen molar-refractivity contribution in [1.82, 2.24) is 15.1 Å². The second kappa shape index (κ2) is 9.93. The molecule has 5 heteroatoms. The van der Waals surface area contributed by atoms with Gasteiger partial charge in [0.2, 0.25) is 0 Å². The monoisotopic (exact) mass is 358 g/mol. The number of aliphatic imine (C=N–C) groups is 1. The van der Waals surface area contributed by atoms with Gasteiger partial charge in [0, 0.05) is 46.3 Å². The van der Waals surface area contributed by atoms with Crippen LogP contribution in [0.15, 0.2) is 29.3 Å². The van der Waals surface area contributed by atoms with Crippen LogP contribution in [0.3, 0.4) is 0 Å². The average Bonchev–Trinajstić information content (AvgIpc) is 3.17. The van der Waals surface area contributed by atoms with Gasteiger partial charge in [0.1, 0.15) is 0 Å². The van der Waals surface area contributed by atoms with Gasteiger partial charge in [-0.05, 0) is 43.5 Å². The van der Waals surface area contributed by atoms with E-state index in [2.05, 4.69) is 51.4 Å². The summed E-state index contributed by atoms with van der Waals surface area (Å²) in [5.41, 5.74) is 2.71. The topological polar surface area (TPSA) is 40.1 Å². The molecule has 0 amide bonds. The molecule has 0 radical (unpaired) electrons. The maximum atomic E-state index is 5.48. The summed E-state index contributed by atoms with van der Waals surface area (Å²) in [4.78, 5) is 9.21. The lowest BCUT2D eigenvalue weighted by Crippen LogP contribution is -2.41. The van der Waals surface area contributed by atoms with Crippen LogP contribution in [0.4, 0.5) is 0 Å². The molecule has 0 aromatic heterocycles. The van der Waals surface area contributed by atoms with E-state index in [-0.39, 0.29) is 0 Å². The smallest absolute Gasteiger partial charge is 0.193 e. The van der Waals surface area contributed by atoms with Gasteiger partial charge in [0.25, 0.3) is 0 Å². The van der Waals surface area contributed by atoms with Crippen LogP contribution in [0.2, 0.25) is 0 Å². The lowest BCUT2D eigenvalue weighted by molar-refractivity contribution is 0.181. The van der Waals surface area contributed by atoms with Crippen molar-refractivity contribution in [3.8, 4) is 0 Å². The minimum absolute atomic E-state index is 0.618. The number of hydrogen-bond donors (Lipinski definition) is 1. The number of ether oxygens (including phenoxy) is 1. The molecule has 0 bridgehead atoms. The van der Waals surface area contributed by atoms with Crippen LogP contribution in [0.25, 0.3) is 0 Å². The van der Waals surface area contributed by atoms with Gasteiger partial charge in [-0.2, -0.15) is 0 Å². The molecule has 0 saturated carbocycles. The number of piperidine rings is 1. The standard InChI is InChI=1S/C21H34N4O/c1-22-21(24(2)15-20-10-13-26-17-20)23-14-18-6-8-19(9-7-18)16-25-11-4-3-5-12-25/h6-9,20H,3-5,10-17H2,1-2H3,(H,22,23). The Morgan fingerprint density at radius 1 is 1.19 bits per heavy atom. The van der Waals surface area contributed by atoms with Crippen LogP contribution in [0.1, 0.15) is 36.8 Å². The molecule has 1 aromatic rings. The summed E-state index contributed by atoms with van der Waals surface area (Å²) in [5, 5.41) is 3.48. The maximum absolute atomic E-state index is 5.48. The summed E-state index contributed by atoms with van der Waals surface area (Å²) < 4.78 is 5.48. The molecule has 1 unspecified atom stereocenters. The summed E-state index contributed by atoms with van der Waals surface area (Å²) in [6, 6.07) is 9.02. The molecular formula is C21H34N4O. The molecule has 5 nitrogen and oxygen atoms in total. The van der Waals surface area contributed by atoms with Gasteiger partial charge in [-0.15, -0.1) is 0 Å². The first kappa shape index (κ1) is 19.2. The van der Waals surface area contributed by atoms with E-state index in [1.807, 2.05) is 7.05 Å². The van der Waals surface area contributed by atoms with Crippen molar-refractivity contribution in [1.29, 1.82) is 0 Å². The second-order valence-electron chi connectivity index (χ2n) is 7.66. The van der Waals surface area contributed by atoms with Crippen molar-refractivity contribution in [3.63, 3.8) is 0 Å². The molecule has 0 spiro atoms. The van der Waals surface area contributed by atoms with Gasteiger partial charge in [0.15, 0.2) is 5.96 Å². The first-order valence-corrected chi connectivity index (χ1v) is 10.0. The molecule has 1 N–H and O–H groups in total. The Morgan fingerprint density at radius 3 is 2.58 bits per heavy atom. The van der Waals surface area contributed by atoms with Crippen LogP contribution in [0.5, 0.6) is 0 Å². The highest BCUT2D eigenvalue weighted by molar-refractivity contribution is 5.79. The number of hydrogen-bond acceptors (Lipinski definition) is 3. The molecular weight excluding hydrogens is 324 g/mol. The lowest BCUT2D eigenvalue weighted by atomic mass is 10.1. The van der Waals surface area contributed by atoms with E-state index < -0.39 is 0 Å². The molecule has 2 fully saturated rings. The highest BCUT2D eigenvalue weighted by Crippen LogP contribution is 2.15. The molecule has 1 aromatic carbocycles. The van der Waals surface area contributed by atoms with E-state index in [1.165, 1.54) is 43.5 Å². The Balaban J connectivity index is 1.45. The van der Waals surface area contributed by atoms with Gasteiger partial charge in [-0.3, -0.25) is 9.89 Å². The second-order valence-corrected chi connectivity index (χ2v) is 7.66. The fourth-order valence-electron chi connectivity index (χ4n) is 3.91. The van der Waals surface area contributed by atoms with Gasteiger partial charge in [0.05, 0.1) is 6.61 Å². The predicted molar refractivity (Wildman–Crippen MR) is 107 cm³/mol. The first-order chi connectivity index (χ1) is 12.7. The Hall–Kier alpha value is -1.59. The summed E-state index contributed by atoms with van der Waals surface area (Å²) >= 11 is 0. The molecule has 2 heterocycles. The van der Waals surface area contributed by atoms with Crippen molar-refractivity contribution in [2.75, 3.05) is 46.9 Å². The van der Waals surface area contributed by atoms with E-state index in [0.717, 1.165) is 45.2 Å². The molecule has 1 atom stereocenters. The highest BCUT2D eigenvalue weighted by atomic mass is 16.5. The molecule has 0 aliphatic carbocycles. The third kappa shape index (κ3) is 5.71. The zero-order chi connectivity index (χ0) is 18.2. The van der Waals surface area contributed by atoms with Crippen LogP contribution in [-0.2, 0) is 17.8 Å². The third-order valence-corrected chi connectivity index (χ3v) is 5.46. The van der Waals surface area contributed by atoms with Crippen molar-refractivity contribution in [3.05, 3.63) is 35.4 Å². The minimum atomic E-state index is 0.618. The molecule has 2 aliphatic rings. The van der Waals surface area contributed by atoms with Crippen molar-refractivity contribution >= 4 is 5.96 Å². The molecule has 26 heavy (non-hydrogen) atoms. The van der Waals surface area contributed by atoms with Crippen molar-refractivity contribution in [2.45, 2.75) is 38.8 Å². The summed E-state index contributed by atoms with van der Waals surface area (Å²) in [6.07, 6.45) is 5.24. The quantitative estimate of drug-likeness (QED) is 0.627. The first-order valence-electron chi connectivity index (χ1n) is 10.0.